The molecule has 0 bridgehead atoms. The molecular formula is C26H35FO6. The molecule has 0 aromatic rings. The van der Waals surface area contributed by atoms with E-state index in [1.54, 1.807) is 19.9 Å². The second-order valence-corrected chi connectivity index (χ2v) is 10.8. The highest BCUT2D eigenvalue weighted by molar-refractivity contribution is 6.01. The number of hydrogen-bond acceptors (Lipinski definition) is 6. The molecule has 0 aromatic carbocycles. The first-order valence-corrected chi connectivity index (χ1v) is 12.0. The molecule has 7 heteroatoms. The fraction of sp³-hybridized carbons (Fsp3) is 0.731. The third-order valence-electron chi connectivity index (χ3n) is 9.43. The summed E-state index contributed by atoms with van der Waals surface area (Å²) in [4.78, 5) is 38.1. The first kappa shape index (κ1) is 24.3. The van der Waals surface area contributed by atoms with Crippen LogP contribution in [0.1, 0.15) is 59.8 Å². The topological polar surface area (TPSA) is 89.9 Å². The van der Waals surface area contributed by atoms with Crippen LogP contribution in [0.5, 0.6) is 0 Å². The number of Topliss-reactive ketones (excluding diaryl/α,β-unsaturated/α-hetero) is 1. The van der Waals surface area contributed by atoms with Gasteiger partial charge < -0.3 is 14.6 Å². The van der Waals surface area contributed by atoms with Gasteiger partial charge in [0.2, 0.25) is 5.78 Å². The number of methoxy groups -OCH3 is 1. The number of halogens is 1. The second kappa shape index (κ2) is 7.84. The lowest BCUT2D eigenvalue weighted by Crippen LogP contribution is -2.70. The van der Waals surface area contributed by atoms with E-state index in [0.717, 1.165) is 0 Å². The molecule has 4 rings (SSSR count). The number of ether oxygens (including phenoxy) is 2. The zero-order chi connectivity index (χ0) is 24.4. The van der Waals surface area contributed by atoms with Gasteiger partial charge in [-0.3, -0.25) is 14.4 Å². The Labute approximate surface area is 194 Å². The summed E-state index contributed by atoms with van der Waals surface area (Å²) in [7, 11) is 1.42. The van der Waals surface area contributed by atoms with E-state index < -0.39 is 40.1 Å². The highest BCUT2D eigenvalue weighted by atomic mass is 19.1. The van der Waals surface area contributed by atoms with Gasteiger partial charge in [0.25, 0.3) is 0 Å². The number of fused-ring (bicyclic) bond motifs is 5. The molecular weight excluding hydrogens is 427 g/mol. The van der Waals surface area contributed by atoms with Crippen molar-refractivity contribution in [3.05, 3.63) is 23.8 Å². The fourth-order valence-electron chi connectivity index (χ4n) is 7.89. The van der Waals surface area contributed by atoms with Crippen molar-refractivity contribution in [1.29, 1.82) is 0 Å². The highest BCUT2D eigenvalue weighted by Gasteiger charge is 2.77. The van der Waals surface area contributed by atoms with Gasteiger partial charge in [0.1, 0.15) is 6.61 Å². The van der Waals surface area contributed by atoms with Gasteiger partial charge >= 0.3 is 5.97 Å². The van der Waals surface area contributed by atoms with Crippen molar-refractivity contribution in [2.75, 3.05) is 13.7 Å². The largest absolute Gasteiger partial charge is 0.450 e. The third-order valence-corrected chi connectivity index (χ3v) is 9.43. The molecule has 3 saturated carbocycles. The average Bonchev–Trinajstić information content (AvgIpc) is 2.97. The van der Waals surface area contributed by atoms with Crippen LogP contribution in [-0.2, 0) is 23.9 Å². The second-order valence-electron chi connectivity index (χ2n) is 10.8. The number of esters is 1. The SMILES string of the molecule is CCC(=O)O[C@]1(C(=O)COC)[C@@H](C)C[C@H]2[C@@H]3CCC4=CC(=O)C=C[C@]4(C)[C@@]3(F)[C@@H](O)C[C@@]21C. The number of carbonyl (C=O) groups is 3. The number of ketones is 2. The summed E-state index contributed by atoms with van der Waals surface area (Å²) in [6, 6.07) is 0. The van der Waals surface area contributed by atoms with Crippen LogP contribution < -0.4 is 0 Å². The summed E-state index contributed by atoms with van der Waals surface area (Å²) in [5, 5.41) is 11.5. The van der Waals surface area contributed by atoms with E-state index in [4.69, 9.17) is 9.47 Å². The Bertz CT molecular complexity index is 941. The van der Waals surface area contributed by atoms with E-state index >= 15 is 4.39 Å². The van der Waals surface area contributed by atoms with Gasteiger partial charge in [-0.15, -0.1) is 0 Å². The van der Waals surface area contributed by atoms with Crippen LogP contribution in [-0.4, -0.2) is 53.7 Å². The number of alkyl halides is 1. The lowest BCUT2D eigenvalue weighted by molar-refractivity contribution is -0.228. The Morgan fingerprint density at radius 1 is 1.27 bits per heavy atom. The minimum absolute atomic E-state index is 0.0217. The van der Waals surface area contributed by atoms with Crippen LogP contribution in [0.15, 0.2) is 23.8 Å². The monoisotopic (exact) mass is 462 g/mol. The number of rotatable bonds is 5. The summed E-state index contributed by atoms with van der Waals surface area (Å²) in [5.74, 6) is -2.18. The fourth-order valence-corrected chi connectivity index (χ4v) is 7.89. The van der Waals surface area contributed by atoms with Crippen molar-refractivity contribution in [3.8, 4) is 0 Å². The molecule has 0 aromatic heterocycles. The molecule has 0 saturated heterocycles. The minimum Gasteiger partial charge on any atom is -0.450 e. The number of aliphatic hydroxyl groups is 1. The van der Waals surface area contributed by atoms with Crippen LogP contribution in [0.25, 0.3) is 0 Å². The van der Waals surface area contributed by atoms with Gasteiger partial charge in [-0.25, -0.2) is 4.39 Å². The van der Waals surface area contributed by atoms with Crippen LogP contribution in [0, 0.1) is 28.6 Å². The molecule has 33 heavy (non-hydrogen) atoms. The Morgan fingerprint density at radius 3 is 2.61 bits per heavy atom. The molecule has 6 nitrogen and oxygen atoms in total. The average molecular weight is 463 g/mol. The van der Waals surface area contributed by atoms with E-state index in [2.05, 4.69) is 0 Å². The smallest absolute Gasteiger partial charge is 0.306 e. The first-order valence-electron chi connectivity index (χ1n) is 12.0. The van der Waals surface area contributed by atoms with Crippen molar-refractivity contribution >= 4 is 17.5 Å². The zero-order valence-corrected chi connectivity index (χ0v) is 20.2. The Hall–Kier alpha value is -1.86. The van der Waals surface area contributed by atoms with Gasteiger partial charge in [-0.2, -0.15) is 0 Å². The Kier molecular flexibility index (Phi) is 5.77. The number of aliphatic hydroxyl groups excluding tert-OH is 1. The first-order chi connectivity index (χ1) is 15.4. The van der Waals surface area contributed by atoms with E-state index in [0.29, 0.717) is 24.8 Å². The van der Waals surface area contributed by atoms with Gasteiger partial charge in [-0.05, 0) is 50.7 Å². The summed E-state index contributed by atoms with van der Waals surface area (Å²) >= 11 is 0. The molecule has 0 amide bonds. The highest BCUT2D eigenvalue weighted by Crippen LogP contribution is 2.71. The van der Waals surface area contributed by atoms with Gasteiger partial charge in [0, 0.05) is 36.2 Å². The number of hydrogen-bond donors (Lipinski definition) is 1. The molecule has 0 radical (unpaired) electrons. The van der Waals surface area contributed by atoms with Crippen LogP contribution in [0.3, 0.4) is 0 Å². The molecule has 1 N–H and O–H groups in total. The van der Waals surface area contributed by atoms with E-state index in [9.17, 15) is 19.5 Å². The summed E-state index contributed by atoms with van der Waals surface area (Å²) in [6.07, 6.45) is 4.71. The maximum absolute atomic E-state index is 17.3. The molecule has 4 aliphatic carbocycles. The van der Waals surface area contributed by atoms with E-state index in [1.165, 1.54) is 19.3 Å². The summed E-state index contributed by atoms with van der Waals surface area (Å²) in [5.41, 5.74) is -4.82. The minimum atomic E-state index is -1.99. The maximum atomic E-state index is 17.3. The number of allylic oxidation sites excluding steroid dienone is 4. The molecule has 0 heterocycles. The molecule has 3 fully saturated rings. The summed E-state index contributed by atoms with van der Waals surface area (Å²) in [6.45, 7) is 6.96. The van der Waals surface area contributed by atoms with Crippen molar-refractivity contribution in [1.82, 2.24) is 0 Å². The third kappa shape index (κ3) is 2.94. The van der Waals surface area contributed by atoms with Crippen LogP contribution in [0.2, 0.25) is 0 Å². The van der Waals surface area contributed by atoms with Gasteiger partial charge in [0.15, 0.2) is 17.1 Å². The zero-order valence-electron chi connectivity index (χ0n) is 20.2. The normalized spacial score (nSPS) is 46.2. The predicted octanol–water partition coefficient (Wildman–Crippen LogP) is 3.51. The quantitative estimate of drug-likeness (QED) is 0.629. The Balaban J connectivity index is 1.84. The maximum Gasteiger partial charge on any atom is 0.306 e. The molecule has 0 aliphatic heterocycles. The van der Waals surface area contributed by atoms with Crippen molar-refractivity contribution in [2.24, 2.45) is 28.6 Å². The van der Waals surface area contributed by atoms with E-state index in [1.807, 2.05) is 13.8 Å². The van der Waals surface area contributed by atoms with Crippen LogP contribution >= 0.6 is 0 Å². The lowest BCUT2D eigenvalue weighted by Gasteiger charge is -2.62. The number of carbonyl (C=O) groups excluding carboxylic acids is 3. The van der Waals surface area contributed by atoms with E-state index in [-0.39, 0.29) is 42.9 Å². The van der Waals surface area contributed by atoms with Gasteiger partial charge in [0.05, 0.1) is 6.10 Å². The van der Waals surface area contributed by atoms with Crippen molar-refractivity contribution in [3.63, 3.8) is 0 Å². The van der Waals surface area contributed by atoms with Crippen molar-refractivity contribution in [2.45, 2.75) is 77.2 Å². The molecule has 0 unspecified atom stereocenters. The molecule has 182 valence electrons. The lowest BCUT2D eigenvalue weighted by atomic mass is 9.44. The van der Waals surface area contributed by atoms with Gasteiger partial charge in [-0.1, -0.05) is 32.4 Å². The van der Waals surface area contributed by atoms with Crippen molar-refractivity contribution < 1.29 is 33.4 Å². The van der Waals surface area contributed by atoms with Crippen LogP contribution in [0.4, 0.5) is 4.39 Å². The molecule has 8 atom stereocenters. The molecule has 4 aliphatic rings. The predicted molar refractivity (Wildman–Crippen MR) is 119 cm³/mol. The standard InChI is InChI=1S/C26H35FO6/c1-6-22(31)33-26(21(30)14-32-5)15(2)11-19-18-8-7-16-12-17(28)9-10-23(16,3)25(18,27)20(29)13-24(19,26)4/h9-10,12,15,18-20,29H,6-8,11,13-14H2,1-5H3/t15-,18-,19-,20-,23-,24-,25-,26-/m0/s1. The summed E-state index contributed by atoms with van der Waals surface area (Å²) < 4.78 is 28.4. The Morgan fingerprint density at radius 2 is 1.97 bits per heavy atom. The molecule has 0 spiro atoms.